The van der Waals surface area contributed by atoms with Crippen LogP contribution in [0.5, 0.6) is 0 Å². The number of para-hydroxylation sites is 3. The summed E-state index contributed by atoms with van der Waals surface area (Å²) >= 11 is 0. The highest BCUT2D eigenvalue weighted by atomic mass is 15.0. The van der Waals surface area contributed by atoms with Crippen LogP contribution in [0.25, 0.3) is 122 Å². The molecule has 2 aromatic heterocycles. The van der Waals surface area contributed by atoms with Crippen LogP contribution in [-0.2, 0) is 5.41 Å². The van der Waals surface area contributed by atoms with Gasteiger partial charge in [0.15, 0.2) is 0 Å². The molecule has 2 heteroatoms. The zero-order chi connectivity index (χ0) is 52.3. The molecule has 378 valence electrons. The summed E-state index contributed by atoms with van der Waals surface area (Å²) in [5.41, 5.74) is 25.4. The van der Waals surface area contributed by atoms with E-state index < -0.39 is 0 Å². The van der Waals surface area contributed by atoms with Gasteiger partial charge in [-0.15, -0.1) is 0 Å². The molecular formula is C77H60N2. The van der Waals surface area contributed by atoms with E-state index in [1.54, 1.807) is 11.1 Å². The molecule has 3 aliphatic rings. The monoisotopic (exact) mass is 1010 g/mol. The van der Waals surface area contributed by atoms with Crippen LogP contribution < -0.4 is 0 Å². The number of benzene rings is 11. The smallest absolute Gasteiger partial charge is 0.0547 e. The van der Waals surface area contributed by atoms with E-state index in [1.165, 1.54) is 142 Å². The first-order valence-electron chi connectivity index (χ1n) is 28.7. The second-order valence-corrected chi connectivity index (χ2v) is 23.4. The summed E-state index contributed by atoms with van der Waals surface area (Å²) in [5, 5.41) is 4.97. The number of rotatable bonds is 7. The number of hydrogen-bond acceptors (Lipinski definition) is 0. The largest absolute Gasteiger partial charge is 0.309 e. The van der Waals surface area contributed by atoms with Gasteiger partial charge < -0.3 is 9.13 Å². The zero-order valence-electron chi connectivity index (χ0n) is 44.8. The highest BCUT2D eigenvalue weighted by molar-refractivity contribution is 6.13. The normalized spacial score (nSPS) is 19.4. The number of nitrogens with zero attached hydrogens (tertiary/aromatic N) is 2. The van der Waals surface area contributed by atoms with Crippen LogP contribution in [0.15, 0.2) is 255 Å². The third kappa shape index (κ3) is 7.10. The molecule has 0 N–H and O–H groups in total. The molecular weight excluding hydrogens is 953 g/mol. The minimum Gasteiger partial charge on any atom is -0.309 e. The molecule has 13 aromatic rings. The van der Waals surface area contributed by atoms with Gasteiger partial charge in [0.05, 0.1) is 33.4 Å². The maximum atomic E-state index is 2.60. The number of aromatic nitrogens is 2. The van der Waals surface area contributed by atoms with E-state index >= 15 is 0 Å². The van der Waals surface area contributed by atoms with Crippen molar-refractivity contribution in [3.8, 4) is 78.1 Å². The lowest BCUT2D eigenvalue weighted by Gasteiger charge is -2.54. The lowest BCUT2D eigenvalue weighted by Crippen LogP contribution is -2.49. The maximum Gasteiger partial charge on any atom is 0.0547 e. The van der Waals surface area contributed by atoms with Gasteiger partial charge in [0.25, 0.3) is 0 Å². The number of fused-ring (bicyclic) bond motifs is 14. The minimum absolute atomic E-state index is 0.0728. The van der Waals surface area contributed by atoms with Crippen LogP contribution in [0.4, 0.5) is 0 Å². The van der Waals surface area contributed by atoms with E-state index in [1.807, 2.05) is 0 Å². The molecule has 79 heavy (non-hydrogen) atoms. The summed E-state index contributed by atoms with van der Waals surface area (Å²) in [6, 6.07) is 95.8. The molecule has 2 nitrogen and oxygen atoms in total. The highest BCUT2D eigenvalue weighted by Gasteiger charge is 2.56. The molecule has 3 aliphatic carbocycles. The first-order valence-corrected chi connectivity index (χ1v) is 28.7. The Hall–Kier alpha value is -8.98. The summed E-state index contributed by atoms with van der Waals surface area (Å²) in [6.45, 7) is 5.08. The molecule has 2 heterocycles. The molecule has 0 saturated heterocycles. The van der Waals surface area contributed by atoms with E-state index in [9.17, 15) is 0 Å². The zero-order valence-corrected chi connectivity index (χ0v) is 44.8. The van der Waals surface area contributed by atoms with Gasteiger partial charge in [0, 0.05) is 38.1 Å². The van der Waals surface area contributed by atoms with E-state index in [0.717, 1.165) is 17.5 Å². The molecule has 16 rings (SSSR count). The molecule has 2 saturated carbocycles. The third-order valence-electron chi connectivity index (χ3n) is 19.1. The standard InChI is InChI=1S/C77H60N2/c1-49-41-51-43-50(2)77(60(42-49)44-51)69-25-13-9-22-62(69)63-37-33-57(46-70(63)77)53-29-31-55(32-30-53)61-21-10-14-26-71(61)78-72-27-15-11-23-64(72)66-38-34-58(47-75(66)78)59-35-39-67-65-24-12-16-28-73(65)79(76(67)48-59)74-40-36-56(52-17-5-3-6-18-52)45-68(74)54-19-7-4-8-20-54/h3-40,45-51,60H,41-44H2,1-2H3. The number of hydrogen-bond donors (Lipinski definition) is 0. The molecule has 11 aromatic carbocycles. The Morgan fingerprint density at radius 3 is 1.47 bits per heavy atom. The summed E-state index contributed by atoms with van der Waals surface area (Å²) < 4.78 is 5.00. The molecule has 5 atom stereocenters. The predicted octanol–water partition coefficient (Wildman–Crippen LogP) is 20.6. The van der Waals surface area contributed by atoms with Crippen LogP contribution in [0.3, 0.4) is 0 Å². The van der Waals surface area contributed by atoms with Crippen molar-refractivity contribution in [2.24, 2.45) is 23.7 Å². The molecule has 0 radical (unpaired) electrons. The Kier molecular flexibility index (Phi) is 10.5. The molecule has 5 unspecified atom stereocenters. The second kappa shape index (κ2) is 18.0. The van der Waals surface area contributed by atoms with Gasteiger partial charge in [0.2, 0.25) is 0 Å². The average molecular weight is 1010 g/mol. The van der Waals surface area contributed by atoms with Gasteiger partial charge in [-0.3, -0.25) is 0 Å². The Morgan fingerprint density at radius 2 is 0.772 bits per heavy atom. The van der Waals surface area contributed by atoms with E-state index in [2.05, 4.69) is 278 Å². The molecule has 1 spiro atoms. The molecule has 0 aliphatic heterocycles. The van der Waals surface area contributed by atoms with Crippen molar-refractivity contribution in [3.05, 3.63) is 266 Å². The van der Waals surface area contributed by atoms with Crippen LogP contribution in [0.2, 0.25) is 0 Å². The van der Waals surface area contributed by atoms with Crippen molar-refractivity contribution in [2.45, 2.75) is 44.9 Å². The first-order chi connectivity index (χ1) is 39.0. The molecule has 2 bridgehead atoms. The van der Waals surface area contributed by atoms with E-state index in [-0.39, 0.29) is 5.41 Å². The van der Waals surface area contributed by atoms with Gasteiger partial charge in [0.1, 0.15) is 0 Å². The van der Waals surface area contributed by atoms with Gasteiger partial charge >= 0.3 is 0 Å². The Balaban J connectivity index is 0.804. The lowest BCUT2D eigenvalue weighted by atomic mass is 9.49. The van der Waals surface area contributed by atoms with Crippen LogP contribution in [0, 0.1) is 23.7 Å². The van der Waals surface area contributed by atoms with Crippen LogP contribution in [-0.4, -0.2) is 9.13 Å². The van der Waals surface area contributed by atoms with E-state index in [4.69, 9.17) is 0 Å². The highest BCUT2D eigenvalue weighted by Crippen LogP contribution is 2.65. The summed E-state index contributed by atoms with van der Waals surface area (Å²) in [6.07, 6.45) is 5.40. The fourth-order valence-corrected chi connectivity index (χ4v) is 15.9. The van der Waals surface area contributed by atoms with Crippen molar-refractivity contribution in [2.75, 3.05) is 0 Å². The third-order valence-corrected chi connectivity index (χ3v) is 19.1. The summed E-state index contributed by atoms with van der Waals surface area (Å²) in [4.78, 5) is 0. The Labute approximate surface area is 462 Å². The van der Waals surface area contributed by atoms with Gasteiger partial charge in [-0.25, -0.2) is 0 Å². The van der Waals surface area contributed by atoms with Crippen molar-refractivity contribution < 1.29 is 0 Å². The van der Waals surface area contributed by atoms with Gasteiger partial charge in [-0.05, 0) is 165 Å². The average Bonchev–Trinajstić information content (AvgIpc) is 4.21. The summed E-state index contributed by atoms with van der Waals surface area (Å²) in [7, 11) is 0. The minimum atomic E-state index is 0.0728. The van der Waals surface area contributed by atoms with Crippen molar-refractivity contribution in [3.63, 3.8) is 0 Å². The second-order valence-electron chi connectivity index (χ2n) is 23.4. The fourth-order valence-electron chi connectivity index (χ4n) is 15.9. The Bertz CT molecular complexity index is 4530. The maximum absolute atomic E-state index is 2.60. The summed E-state index contributed by atoms with van der Waals surface area (Å²) in [5.74, 6) is 2.93. The lowest BCUT2D eigenvalue weighted by molar-refractivity contribution is 0.0426. The van der Waals surface area contributed by atoms with Crippen LogP contribution >= 0.6 is 0 Å². The first kappa shape index (κ1) is 46.1. The topological polar surface area (TPSA) is 9.86 Å². The fraction of sp³-hybridized carbons (Fsp3) is 0.143. The van der Waals surface area contributed by atoms with E-state index in [0.29, 0.717) is 11.8 Å². The predicted molar refractivity (Wildman–Crippen MR) is 332 cm³/mol. The quantitative estimate of drug-likeness (QED) is 0.151. The molecule has 2 fully saturated rings. The van der Waals surface area contributed by atoms with Crippen LogP contribution in [0.1, 0.15) is 50.7 Å². The van der Waals surface area contributed by atoms with Gasteiger partial charge in [-0.2, -0.15) is 0 Å². The van der Waals surface area contributed by atoms with Crippen molar-refractivity contribution in [1.82, 2.24) is 9.13 Å². The van der Waals surface area contributed by atoms with Gasteiger partial charge in [-0.1, -0.05) is 220 Å². The molecule has 0 amide bonds. The van der Waals surface area contributed by atoms with Crippen molar-refractivity contribution >= 4 is 43.6 Å². The Morgan fingerprint density at radius 1 is 0.304 bits per heavy atom. The van der Waals surface area contributed by atoms with Crippen molar-refractivity contribution in [1.29, 1.82) is 0 Å². The SMILES string of the molecule is CC1CC2CC(C)C3(c4ccccc4-c4ccc(-c5ccc(-c6ccccc6-n6c7ccccc7c7ccc(-c8ccc9c%10ccccc%10n(-c%10ccc(-c%11ccccc%11)cc%10-c%10ccccc%10)c9c8)cc76)cc5)cc43)C(C1)C2.